The molecular weight excluding hydrogens is 421 g/mol. The number of nitrogens with zero attached hydrogens (tertiary/aromatic N) is 5. The quantitative estimate of drug-likeness (QED) is 0.336. The summed E-state index contributed by atoms with van der Waals surface area (Å²) in [6.07, 6.45) is 5.39. The molecule has 0 bridgehead atoms. The molecule has 0 aliphatic heterocycles. The summed E-state index contributed by atoms with van der Waals surface area (Å²) in [5.41, 5.74) is 3.17. The van der Waals surface area contributed by atoms with Crippen molar-refractivity contribution in [3.05, 3.63) is 60.3 Å². The van der Waals surface area contributed by atoms with E-state index in [1.807, 2.05) is 31.3 Å². The van der Waals surface area contributed by atoms with Crippen LogP contribution in [0.4, 0.5) is 21.7 Å². The molecule has 170 valence electrons. The first-order chi connectivity index (χ1) is 16.0. The number of aliphatic hydroxyl groups excluding tert-OH is 1. The van der Waals surface area contributed by atoms with E-state index in [2.05, 4.69) is 43.0 Å². The number of aromatic amines is 1. The average Bonchev–Trinajstić information content (AvgIpc) is 3.25. The van der Waals surface area contributed by atoms with E-state index in [1.165, 1.54) is 23.2 Å². The van der Waals surface area contributed by atoms with Crippen LogP contribution in [0.25, 0.3) is 22.3 Å². The number of rotatable bonds is 9. The highest BCUT2D eigenvalue weighted by Gasteiger charge is 2.21. The van der Waals surface area contributed by atoms with Crippen molar-refractivity contribution in [2.45, 2.75) is 19.4 Å². The monoisotopic (exact) mass is 447 g/mol. The number of likely N-dealkylation sites (N-methyl/N-ethyl adjacent to an activating group) is 1. The molecule has 0 saturated heterocycles. The molecule has 9 heteroatoms. The molecule has 1 atom stereocenters. The molecule has 0 saturated carbocycles. The van der Waals surface area contributed by atoms with Gasteiger partial charge in [0, 0.05) is 42.5 Å². The van der Waals surface area contributed by atoms with Crippen LogP contribution in [0.1, 0.15) is 12.5 Å². The molecule has 0 aliphatic rings. The third-order valence-corrected chi connectivity index (χ3v) is 5.61. The Labute approximate surface area is 191 Å². The molecular formula is C24H26FN7O. The van der Waals surface area contributed by atoms with Crippen molar-refractivity contribution in [3.8, 4) is 11.4 Å². The van der Waals surface area contributed by atoms with E-state index in [4.69, 9.17) is 0 Å². The first-order valence-electron chi connectivity index (χ1n) is 10.6. The van der Waals surface area contributed by atoms with E-state index < -0.39 is 5.82 Å². The number of aromatic nitrogens is 4. The van der Waals surface area contributed by atoms with E-state index in [1.54, 1.807) is 11.9 Å². The lowest BCUT2D eigenvalue weighted by atomic mass is 10.1. The smallest absolute Gasteiger partial charge is 0.165 e. The predicted molar refractivity (Wildman–Crippen MR) is 130 cm³/mol. The normalized spacial score (nSPS) is 12.0. The maximum atomic E-state index is 13.8. The van der Waals surface area contributed by atoms with Crippen LogP contribution < -0.4 is 10.2 Å². The number of anilines is 2. The second kappa shape index (κ2) is 9.74. The summed E-state index contributed by atoms with van der Waals surface area (Å²) in [7, 11) is 1.81. The summed E-state index contributed by atoms with van der Waals surface area (Å²) in [4.78, 5) is 22.4. The maximum Gasteiger partial charge on any atom is 0.165 e. The summed E-state index contributed by atoms with van der Waals surface area (Å²) in [6.45, 7) is 6.07. The molecule has 4 aromatic rings. The number of hydrogen-bond donors (Lipinski definition) is 3. The van der Waals surface area contributed by atoms with Crippen LogP contribution in [0, 0.1) is 5.82 Å². The van der Waals surface area contributed by atoms with Gasteiger partial charge >= 0.3 is 0 Å². The molecule has 0 fully saturated rings. The zero-order valence-corrected chi connectivity index (χ0v) is 18.6. The van der Waals surface area contributed by atoms with Gasteiger partial charge in [-0.15, -0.1) is 0 Å². The van der Waals surface area contributed by atoms with E-state index in [9.17, 15) is 9.50 Å². The van der Waals surface area contributed by atoms with Gasteiger partial charge in [0.2, 0.25) is 0 Å². The van der Waals surface area contributed by atoms with Crippen molar-refractivity contribution in [2.75, 3.05) is 30.4 Å². The summed E-state index contributed by atoms with van der Waals surface area (Å²) >= 11 is 0. The Kier molecular flexibility index (Phi) is 6.60. The topological polar surface area (TPSA) is 102 Å². The van der Waals surface area contributed by atoms with Crippen molar-refractivity contribution < 1.29 is 9.50 Å². The lowest BCUT2D eigenvalue weighted by Crippen LogP contribution is -2.33. The van der Waals surface area contributed by atoms with Gasteiger partial charge in [-0.1, -0.05) is 18.2 Å². The minimum atomic E-state index is -0.477. The van der Waals surface area contributed by atoms with Crippen LogP contribution in [0.2, 0.25) is 0 Å². The molecule has 3 N–H and O–H groups in total. The number of benzene rings is 1. The molecule has 1 aromatic carbocycles. The van der Waals surface area contributed by atoms with E-state index in [0.717, 1.165) is 18.1 Å². The summed E-state index contributed by atoms with van der Waals surface area (Å²) in [5, 5.41) is 14.2. The number of H-pyrrole nitrogens is 1. The number of halogens is 1. The van der Waals surface area contributed by atoms with Gasteiger partial charge in [0.15, 0.2) is 17.5 Å². The van der Waals surface area contributed by atoms with Crippen molar-refractivity contribution in [1.82, 2.24) is 19.9 Å². The summed E-state index contributed by atoms with van der Waals surface area (Å²) < 4.78 is 13.8. The van der Waals surface area contributed by atoms with Crippen LogP contribution in [-0.2, 0) is 6.42 Å². The van der Waals surface area contributed by atoms with Crippen LogP contribution in [0.3, 0.4) is 0 Å². The van der Waals surface area contributed by atoms with E-state index >= 15 is 0 Å². The number of hydrogen-bond acceptors (Lipinski definition) is 7. The van der Waals surface area contributed by atoms with Gasteiger partial charge in [0.05, 0.1) is 18.8 Å². The lowest BCUT2D eigenvalue weighted by molar-refractivity contribution is 0.270. The number of aliphatic hydroxyl groups is 1. The molecule has 8 nitrogen and oxygen atoms in total. The van der Waals surface area contributed by atoms with Crippen LogP contribution in [0.5, 0.6) is 0 Å². The summed E-state index contributed by atoms with van der Waals surface area (Å²) in [6, 6.07) is 9.25. The molecule has 0 amide bonds. The molecule has 0 aliphatic carbocycles. The van der Waals surface area contributed by atoms with E-state index in [0.29, 0.717) is 35.3 Å². The standard InChI is InChI=1S/C24H26FN7O/c1-15(14-33)32(3)24-21(26-2)23(30-22(31-24)17-10-18(25)13-27-11-17)28-9-8-16-12-29-20-7-5-4-6-19(16)20/h4-7,10-13,15,29,33H,2,8-9,14H2,1,3H3,(H,28,30,31)/t15-/m1/s1. The van der Waals surface area contributed by atoms with Gasteiger partial charge in [-0.05, 0) is 37.8 Å². The van der Waals surface area contributed by atoms with Crippen LogP contribution >= 0.6 is 0 Å². The maximum absolute atomic E-state index is 13.8. The zero-order chi connectivity index (χ0) is 23.4. The van der Waals surface area contributed by atoms with Crippen LogP contribution in [-0.4, -0.2) is 58.0 Å². The zero-order valence-electron chi connectivity index (χ0n) is 18.6. The Morgan fingerprint density at radius 3 is 2.85 bits per heavy atom. The largest absolute Gasteiger partial charge is 0.394 e. The Morgan fingerprint density at radius 1 is 1.27 bits per heavy atom. The third-order valence-electron chi connectivity index (χ3n) is 5.61. The third kappa shape index (κ3) is 4.68. The van der Waals surface area contributed by atoms with Gasteiger partial charge in [0.1, 0.15) is 11.5 Å². The molecule has 0 spiro atoms. The minimum absolute atomic E-state index is 0.0722. The SMILES string of the molecule is C=Nc1c(NCCc2c[nH]c3ccccc23)nc(-c2cncc(F)c2)nc1N(C)[C@H](C)CO. The lowest BCUT2D eigenvalue weighted by Gasteiger charge is -2.26. The minimum Gasteiger partial charge on any atom is -0.394 e. The van der Waals surface area contributed by atoms with Gasteiger partial charge < -0.3 is 20.3 Å². The molecule has 0 unspecified atom stereocenters. The Balaban J connectivity index is 1.68. The second-order valence-electron chi connectivity index (χ2n) is 7.80. The number of aliphatic imine (C=N–C) groups is 1. The van der Waals surface area contributed by atoms with Crippen molar-refractivity contribution in [2.24, 2.45) is 4.99 Å². The Morgan fingerprint density at radius 2 is 2.09 bits per heavy atom. The van der Waals surface area contributed by atoms with Gasteiger partial charge in [0.25, 0.3) is 0 Å². The second-order valence-corrected chi connectivity index (χ2v) is 7.80. The van der Waals surface area contributed by atoms with Crippen LogP contribution in [0.15, 0.2) is 53.9 Å². The fourth-order valence-corrected chi connectivity index (χ4v) is 3.61. The van der Waals surface area contributed by atoms with Crippen molar-refractivity contribution in [3.63, 3.8) is 0 Å². The highest BCUT2D eigenvalue weighted by molar-refractivity contribution is 5.83. The first-order valence-corrected chi connectivity index (χ1v) is 10.6. The van der Waals surface area contributed by atoms with Crippen molar-refractivity contribution >= 4 is 34.9 Å². The Hall–Kier alpha value is -3.85. The molecule has 3 heterocycles. The average molecular weight is 448 g/mol. The predicted octanol–water partition coefficient (Wildman–Crippen LogP) is 3.96. The van der Waals surface area contributed by atoms with Gasteiger partial charge in [-0.2, -0.15) is 0 Å². The molecule has 0 radical (unpaired) electrons. The first kappa shape index (κ1) is 22.3. The fraction of sp³-hybridized carbons (Fsp3) is 0.250. The molecule has 3 aromatic heterocycles. The Bertz CT molecular complexity index is 1270. The van der Waals surface area contributed by atoms with E-state index in [-0.39, 0.29) is 12.6 Å². The number of para-hydroxylation sites is 1. The summed E-state index contributed by atoms with van der Waals surface area (Å²) in [5.74, 6) is 0.784. The number of nitrogens with one attached hydrogen (secondary N) is 2. The highest BCUT2D eigenvalue weighted by Crippen LogP contribution is 2.35. The highest BCUT2D eigenvalue weighted by atomic mass is 19.1. The van der Waals surface area contributed by atoms with Crippen molar-refractivity contribution in [1.29, 1.82) is 0 Å². The molecule has 4 rings (SSSR count). The fourth-order valence-electron chi connectivity index (χ4n) is 3.61. The number of fused-ring (bicyclic) bond motifs is 1. The number of pyridine rings is 1. The molecule has 33 heavy (non-hydrogen) atoms. The van der Waals surface area contributed by atoms with Gasteiger partial charge in [-0.25, -0.2) is 14.4 Å². The van der Waals surface area contributed by atoms with Gasteiger partial charge in [-0.3, -0.25) is 9.98 Å².